The van der Waals surface area contributed by atoms with Crippen LogP contribution in [0.5, 0.6) is 0 Å². The Hall–Kier alpha value is -2.23. The Morgan fingerprint density at radius 1 is 1.52 bits per heavy atom. The van der Waals surface area contributed by atoms with Crippen LogP contribution in [0.3, 0.4) is 0 Å². The normalized spacial score (nSPS) is 21.1. The molecule has 3 N–H and O–H groups in total. The molecule has 9 nitrogen and oxygen atoms in total. The standard InChI is InChI=1S/C14H19N3O6/c1-9-2-5-13(19)23-16(9)11-4-3-10(8-12(11)17(21)22)14(20)15-6-7-18/h3-4,8-9,13,18-19H,2,5-7H2,1H3,(H,15,20). The second-order valence-corrected chi connectivity index (χ2v) is 5.25. The van der Waals surface area contributed by atoms with Crippen molar-refractivity contribution in [1.82, 2.24) is 5.32 Å². The van der Waals surface area contributed by atoms with E-state index >= 15 is 0 Å². The molecule has 1 fully saturated rings. The van der Waals surface area contributed by atoms with Crippen LogP contribution in [0.15, 0.2) is 18.2 Å². The Balaban J connectivity index is 2.33. The number of anilines is 1. The molecular weight excluding hydrogens is 306 g/mol. The van der Waals surface area contributed by atoms with E-state index in [1.54, 1.807) is 0 Å². The van der Waals surface area contributed by atoms with Crippen molar-refractivity contribution in [3.63, 3.8) is 0 Å². The Morgan fingerprint density at radius 3 is 2.91 bits per heavy atom. The molecule has 1 aliphatic rings. The van der Waals surface area contributed by atoms with E-state index in [9.17, 15) is 20.0 Å². The van der Waals surface area contributed by atoms with Crippen molar-refractivity contribution < 1.29 is 24.8 Å². The molecule has 2 rings (SSSR count). The monoisotopic (exact) mass is 325 g/mol. The SMILES string of the molecule is CC1CCC(O)ON1c1ccc(C(=O)NCCO)cc1[N+](=O)[O-]. The van der Waals surface area contributed by atoms with Crippen LogP contribution in [0, 0.1) is 10.1 Å². The van der Waals surface area contributed by atoms with Gasteiger partial charge in [-0.25, -0.2) is 9.90 Å². The van der Waals surface area contributed by atoms with Crippen molar-refractivity contribution >= 4 is 17.3 Å². The molecule has 1 aromatic rings. The first-order valence-electron chi connectivity index (χ1n) is 7.25. The lowest BCUT2D eigenvalue weighted by Crippen LogP contribution is -2.42. The molecule has 1 aromatic carbocycles. The first-order valence-corrected chi connectivity index (χ1v) is 7.25. The molecule has 2 unspecified atom stereocenters. The lowest BCUT2D eigenvalue weighted by Gasteiger charge is -2.36. The number of carbonyl (C=O) groups excluding carboxylic acids is 1. The predicted octanol–water partition coefficient (Wildman–Crippen LogP) is 0.556. The third kappa shape index (κ3) is 3.95. The van der Waals surface area contributed by atoms with E-state index in [1.165, 1.54) is 17.2 Å². The second kappa shape index (κ2) is 7.36. The highest BCUT2D eigenvalue weighted by molar-refractivity contribution is 5.95. The van der Waals surface area contributed by atoms with Crippen LogP contribution in [-0.2, 0) is 4.84 Å². The minimum absolute atomic E-state index is 0.0623. The molecule has 9 heteroatoms. The number of aliphatic hydroxyl groups is 2. The lowest BCUT2D eigenvalue weighted by molar-refractivity contribution is -0.384. The highest BCUT2D eigenvalue weighted by Crippen LogP contribution is 2.34. The summed E-state index contributed by atoms with van der Waals surface area (Å²) in [5.41, 5.74) is 0.00154. The van der Waals surface area contributed by atoms with Gasteiger partial charge < -0.3 is 15.5 Å². The largest absolute Gasteiger partial charge is 0.395 e. The number of nitrogens with one attached hydrogen (secondary N) is 1. The van der Waals surface area contributed by atoms with Crippen LogP contribution >= 0.6 is 0 Å². The van der Waals surface area contributed by atoms with Gasteiger partial charge in [-0.15, -0.1) is 0 Å². The van der Waals surface area contributed by atoms with Crippen molar-refractivity contribution in [3.05, 3.63) is 33.9 Å². The molecule has 1 aliphatic heterocycles. The molecular formula is C14H19N3O6. The van der Waals surface area contributed by atoms with Gasteiger partial charge in [0.2, 0.25) is 0 Å². The molecule has 1 amide bonds. The zero-order chi connectivity index (χ0) is 17.0. The van der Waals surface area contributed by atoms with Crippen LogP contribution in [-0.4, -0.2) is 46.5 Å². The summed E-state index contributed by atoms with van der Waals surface area (Å²) < 4.78 is 0. The van der Waals surface area contributed by atoms with Crippen LogP contribution in [0.2, 0.25) is 0 Å². The van der Waals surface area contributed by atoms with E-state index in [0.717, 1.165) is 6.07 Å². The van der Waals surface area contributed by atoms with Crippen LogP contribution in [0.4, 0.5) is 11.4 Å². The number of rotatable bonds is 5. The zero-order valence-electron chi connectivity index (χ0n) is 12.6. The quantitative estimate of drug-likeness (QED) is 0.533. The highest BCUT2D eigenvalue weighted by Gasteiger charge is 2.31. The van der Waals surface area contributed by atoms with Crippen LogP contribution in [0.25, 0.3) is 0 Å². The number of hydroxylamine groups is 1. The number of hydrogen-bond acceptors (Lipinski definition) is 7. The second-order valence-electron chi connectivity index (χ2n) is 5.25. The van der Waals surface area contributed by atoms with Gasteiger partial charge in [-0.1, -0.05) is 0 Å². The summed E-state index contributed by atoms with van der Waals surface area (Å²) in [6.07, 6.45) is 0.0582. The average molecular weight is 325 g/mol. The van der Waals surface area contributed by atoms with E-state index in [-0.39, 0.29) is 36.1 Å². The molecule has 0 aromatic heterocycles. The first-order chi connectivity index (χ1) is 10.9. The van der Waals surface area contributed by atoms with Gasteiger partial charge in [0, 0.05) is 24.6 Å². The van der Waals surface area contributed by atoms with Crippen molar-refractivity contribution in [2.24, 2.45) is 0 Å². The van der Waals surface area contributed by atoms with Crippen molar-refractivity contribution in [3.8, 4) is 0 Å². The Kier molecular flexibility index (Phi) is 5.48. The number of amides is 1. The number of aliphatic hydroxyl groups excluding tert-OH is 2. The number of carbonyl (C=O) groups is 1. The number of benzene rings is 1. The Bertz CT molecular complexity index is 594. The molecule has 1 heterocycles. The smallest absolute Gasteiger partial charge is 0.295 e. The maximum absolute atomic E-state index is 11.9. The van der Waals surface area contributed by atoms with E-state index in [1.807, 2.05) is 6.92 Å². The summed E-state index contributed by atoms with van der Waals surface area (Å²) in [5, 5.41) is 33.4. The Labute approximate surface area is 132 Å². The van der Waals surface area contributed by atoms with Gasteiger partial charge in [-0.05, 0) is 25.5 Å². The molecule has 0 radical (unpaired) electrons. The maximum Gasteiger partial charge on any atom is 0.295 e. The fraction of sp³-hybridized carbons (Fsp3) is 0.500. The van der Waals surface area contributed by atoms with Crippen molar-refractivity contribution in [1.29, 1.82) is 0 Å². The molecule has 126 valence electrons. The maximum atomic E-state index is 11.9. The van der Waals surface area contributed by atoms with Gasteiger partial charge in [-0.2, -0.15) is 0 Å². The third-order valence-corrected chi connectivity index (χ3v) is 3.54. The van der Waals surface area contributed by atoms with Gasteiger partial charge in [-0.3, -0.25) is 14.9 Å². The molecule has 0 spiro atoms. The van der Waals surface area contributed by atoms with Gasteiger partial charge in [0.05, 0.1) is 17.6 Å². The molecule has 0 aliphatic carbocycles. The van der Waals surface area contributed by atoms with Crippen molar-refractivity contribution in [2.75, 3.05) is 18.2 Å². The number of nitro benzene ring substituents is 1. The van der Waals surface area contributed by atoms with E-state index in [0.29, 0.717) is 12.8 Å². The lowest BCUT2D eigenvalue weighted by atomic mass is 10.1. The van der Waals surface area contributed by atoms with E-state index in [2.05, 4.69) is 5.32 Å². The van der Waals surface area contributed by atoms with Gasteiger partial charge >= 0.3 is 0 Å². The van der Waals surface area contributed by atoms with Gasteiger partial charge in [0.25, 0.3) is 11.6 Å². The average Bonchev–Trinajstić information content (AvgIpc) is 2.54. The summed E-state index contributed by atoms with van der Waals surface area (Å²) in [6.45, 7) is 1.67. The predicted molar refractivity (Wildman–Crippen MR) is 80.8 cm³/mol. The van der Waals surface area contributed by atoms with Gasteiger partial charge in [0.1, 0.15) is 5.69 Å². The molecule has 23 heavy (non-hydrogen) atoms. The minimum atomic E-state index is -1.02. The van der Waals surface area contributed by atoms with Gasteiger partial charge in [0.15, 0.2) is 6.29 Å². The molecule has 1 saturated heterocycles. The molecule has 2 atom stereocenters. The number of nitro groups is 1. The third-order valence-electron chi connectivity index (χ3n) is 3.54. The summed E-state index contributed by atoms with van der Waals surface area (Å²) in [4.78, 5) is 27.9. The minimum Gasteiger partial charge on any atom is -0.395 e. The van der Waals surface area contributed by atoms with Crippen molar-refractivity contribution in [2.45, 2.75) is 32.1 Å². The van der Waals surface area contributed by atoms with Crippen LogP contribution < -0.4 is 10.4 Å². The first kappa shape index (κ1) is 17.1. The summed E-state index contributed by atoms with van der Waals surface area (Å²) in [7, 11) is 0. The molecule has 0 saturated carbocycles. The molecule has 0 bridgehead atoms. The number of nitrogens with zero attached hydrogens (tertiary/aromatic N) is 2. The van der Waals surface area contributed by atoms with E-state index in [4.69, 9.17) is 9.94 Å². The summed E-state index contributed by atoms with van der Waals surface area (Å²) in [6, 6.07) is 3.86. The Morgan fingerprint density at radius 2 is 2.26 bits per heavy atom. The van der Waals surface area contributed by atoms with E-state index < -0.39 is 17.1 Å². The number of hydrogen-bond donors (Lipinski definition) is 3. The zero-order valence-corrected chi connectivity index (χ0v) is 12.6. The fourth-order valence-corrected chi connectivity index (χ4v) is 2.35. The van der Waals surface area contributed by atoms with Crippen LogP contribution in [0.1, 0.15) is 30.1 Å². The summed E-state index contributed by atoms with van der Waals surface area (Å²) in [5.74, 6) is -0.513. The topological polar surface area (TPSA) is 125 Å². The summed E-state index contributed by atoms with van der Waals surface area (Å²) >= 11 is 0. The highest BCUT2D eigenvalue weighted by atomic mass is 16.8. The fourth-order valence-electron chi connectivity index (χ4n) is 2.35.